The quantitative estimate of drug-likeness (QED) is 0.0422. The van der Waals surface area contributed by atoms with Gasteiger partial charge in [-0.1, -0.05) is 55.4 Å². The van der Waals surface area contributed by atoms with Crippen LogP contribution in [-0.4, -0.2) is 132 Å². The second-order valence-electron chi connectivity index (χ2n) is 19.2. The fraction of sp³-hybridized carbons (Fsp3) is 0.739. The van der Waals surface area contributed by atoms with Gasteiger partial charge in [0, 0.05) is 58.8 Å². The number of nitroso groups, excluding NO2 is 1. The van der Waals surface area contributed by atoms with Crippen LogP contribution < -0.4 is 15.4 Å². The minimum Gasteiger partial charge on any atom is -0.427 e. The second kappa shape index (κ2) is 25.8. The van der Waals surface area contributed by atoms with E-state index in [2.05, 4.69) is 71.2 Å². The van der Waals surface area contributed by atoms with Gasteiger partial charge in [-0.15, -0.1) is 52.0 Å². The Morgan fingerprint density at radius 1 is 0.594 bits per heavy atom. The van der Waals surface area contributed by atoms with Crippen LogP contribution in [0.4, 0.5) is 5.69 Å². The topological polar surface area (TPSA) is 175 Å². The van der Waals surface area contributed by atoms with Crippen molar-refractivity contribution < 1.29 is 33.5 Å². The second-order valence-corrected chi connectivity index (χ2v) is 26.8. The van der Waals surface area contributed by atoms with Gasteiger partial charge in [-0.3, -0.25) is 28.8 Å². The van der Waals surface area contributed by atoms with Crippen molar-refractivity contribution in [3.05, 3.63) is 29.2 Å². The number of nitrogens with zero attached hydrogens (tertiary/aromatic N) is 4. The molecular formula is C46H74N6O8S4. The van der Waals surface area contributed by atoms with Crippen LogP contribution in [0, 0.1) is 28.6 Å². The van der Waals surface area contributed by atoms with E-state index < -0.39 is 27.0 Å². The van der Waals surface area contributed by atoms with Crippen LogP contribution in [0.1, 0.15) is 109 Å². The Labute approximate surface area is 399 Å². The zero-order valence-electron chi connectivity index (χ0n) is 40.1. The van der Waals surface area contributed by atoms with Crippen LogP contribution in [-0.2, 0) is 28.8 Å². The lowest BCUT2D eigenvalue weighted by Gasteiger charge is -2.30. The van der Waals surface area contributed by atoms with Crippen molar-refractivity contribution >= 4 is 88.2 Å². The molecule has 2 saturated heterocycles. The van der Waals surface area contributed by atoms with E-state index >= 15 is 0 Å². The van der Waals surface area contributed by atoms with Crippen molar-refractivity contribution in [3.63, 3.8) is 0 Å². The molecule has 18 heteroatoms. The molecule has 2 aliphatic heterocycles. The highest BCUT2D eigenvalue weighted by atomic mass is 32.2. The lowest BCUT2D eigenvalue weighted by atomic mass is 10.1. The van der Waals surface area contributed by atoms with E-state index in [-0.39, 0.29) is 112 Å². The molecule has 0 bridgehead atoms. The largest absolute Gasteiger partial charge is 0.427 e. The maximum absolute atomic E-state index is 13.9. The summed E-state index contributed by atoms with van der Waals surface area (Å²) in [6, 6.07) is 5.76. The number of ether oxygens (including phenoxy) is 1. The fourth-order valence-electron chi connectivity index (χ4n) is 7.55. The lowest BCUT2D eigenvalue weighted by molar-refractivity contribution is -0.139. The lowest BCUT2D eigenvalue weighted by Crippen LogP contribution is -2.48. The summed E-state index contributed by atoms with van der Waals surface area (Å²) in [4.78, 5) is 97.9. The molecule has 0 aliphatic carbocycles. The number of rotatable bonds is 25. The Bertz CT molecular complexity index is 1640. The molecule has 64 heavy (non-hydrogen) atoms. The highest BCUT2D eigenvalue weighted by molar-refractivity contribution is 8.23. The smallest absolute Gasteiger partial charge is 0.311 e. The minimum absolute atomic E-state index is 0.0154. The maximum atomic E-state index is 13.9. The average molecular weight is 967 g/mol. The number of thioether (sulfide) groups is 4. The molecule has 2 heterocycles. The van der Waals surface area contributed by atoms with Crippen molar-refractivity contribution in [2.75, 3.05) is 52.4 Å². The van der Waals surface area contributed by atoms with Crippen molar-refractivity contribution in [2.24, 2.45) is 28.8 Å². The van der Waals surface area contributed by atoms with E-state index in [1.165, 1.54) is 71.3 Å². The Kier molecular flexibility index (Phi) is 22.3. The summed E-state index contributed by atoms with van der Waals surface area (Å²) in [5.74, 6) is 0.0211. The molecule has 5 amide bonds. The Hall–Kier alpha value is -2.96. The molecule has 360 valence electrons. The molecule has 0 saturated carbocycles. The number of esters is 1. The first-order chi connectivity index (χ1) is 29.9. The van der Waals surface area contributed by atoms with Crippen LogP contribution in [0.25, 0.3) is 0 Å². The van der Waals surface area contributed by atoms with Gasteiger partial charge in [0.05, 0.1) is 14.6 Å². The molecule has 4 atom stereocenters. The molecule has 2 aliphatic rings. The summed E-state index contributed by atoms with van der Waals surface area (Å²) in [6.45, 7) is 28.4. The molecule has 14 nitrogen and oxygen atoms in total. The molecule has 1 aromatic rings. The molecule has 1 aromatic carbocycles. The highest BCUT2D eigenvalue weighted by Gasteiger charge is 2.50. The van der Waals surface area contributed by atoms with Crippen molar-refractivity contribution in [1.82, 2.24) is 25.3 Å². The summed E-state index contributed by atoms with van der Waals surface area (Å²) in [6.07, 6.45) is 0.530. The zero-order chi connectivity index (χ0) is 47.9. The molecule has 3 rings (SSSR count). The molecule has 2 N–H and O–H groups in total. The number of carbonyl (C=O) groups is 6. The number of benzene rings is 1. The first-order valence-corrected chi connectivity index (χ1v) is 26.2. The van der Waals surface area contributed by atoms with Crippen molar-refractivity contribution in [1.29, 1.82) is 0 Å². The normalized spacial score (nSPS) is 20.1. The maximum Gasteiger partial charge on any atom is 0.311 e. The van der Waals surface area contributed by atoms with Gasteiger partial charge in [0.2, 0.25) is 29.5 Å². The fourth-order valence-corrected chi connectivity index (χ4v) is 14.2. The number of hydrogen-bond acceptors (Lipinski definition) is 13. The zero-order valence-corrected chi connectivity index (χ0v) is 43.4. The molecule has 4 unspecified atom stereocenters. The summed E-state index contributed by atoms with van der Waals surface area (Å²) in [5, 5.41) is 6.73. The molecule has 0 spiro atoms. The van der Waals surface area contributed by atoms with Gasteiger partial charge >= 0.3 is 5.97 Å². The van der Waals surface area contributed by atoms with E-state index in [0.29, 0.717) is 39.0 Å². The van der Waals surface area contributed by atoms with Gasteiger partial charge in [0.25, 0.3) is 0 Å². The predicted molar refractivity (Wildman–Crippen MR) is 265 cm³/mol. The summed E-state index contributed by atoms with van der Waals surface area (Å²) in [5.41, 5.74) is 0.193. The van der Waals surface area contributed by atoms with Crippen LogP contribution in [0.2, 0.25) is 0 Å². The number of carbonyl (C=O) groups excluding carboxylic acids is 6. The molecule has 0 radical (unpaired) electrons. The van der Waals surface area contributed by atoms with Gasteiger partial charge in [-0.2, -0.15) is 0 Å². The Morgan fingerprint density at radius 3 is 1.33 bits per heavy atom. The van der Waals surface area contributed by atoms with E-state index in [0.717, 1.165) is 0 Å². The van der Waals surface area contributed by atoms with E-state index in [9.17, 15) is 33.7 Å². The molecule has 0 aromatic heterocycles. The van der Waals surface area contributed by atoms with Gasteiger partial charge in [0.15, 0.2) is 0 Å². The van der Waals surface area contributed by atoms with Crippen LogP contribution in [0.15, 0.2) is 29.4 Å². The third-order valence-corrected chi connectivity index (χ3v) is 16.7. The van der Waals surface area contributed by atoms with Gasteiger partial charge in [-0.25, -0.2) is 0 Å². The predicted octanol–water partition coefficient (Wildman–Crippen LogP) is 7.80. The van der Waals surface area contributed by atoms with Crippen molar-refractivity contribution in [2.45, 2.75) is 138 Å². The van der Waals surface area contributed by atoms with Crippen LogP contribution >= 0.6 is 47.0 Å². The summed E-state index contributed by atoms with van der Waals surface area (Å²) in [7, 11) is 0. The van der Waals surface area contributed by atoms with Crippen LogP contribution in [0.5, 0.6) is 5.75 Å². The Balaban J connectivity index is 1.66. The van der Waals surface area contributed by atoms with Crippen LogP contribution in [0.3, 0.4) is 0 Å². The average Bonchev–Trinajstić information content (AvgIpc) is 3.72. The number of nitrogens with one attached hydrogen (secondary N) is 2. The first kappa shape index (κ1) is 55.4. The monoisotopic (exact) mass is 966 g/mol. The molecular weight excluding hydrogens is 893 g/mol. The Morgan fingerprint density at radius 2 is 0.969 bits per heavy atom. The third-order valence-electron chi connectivity index (χ3n) is 10.0. The summed E-state index contributed by atoms with van der Waals surface area (Å²) < 4.78 is 4.71. The van der Waals surface area contributed by atoms with Crippen molar-refractivity contribution in [3.8, 4) is 5.75 Å². The standard InChI is InChI=1S/C46H74N6O8S4/c1-29(2)25-51(26-30(3)4)43(57)39-37(61-45(9,10)63-39)41(55)47-21-13-23-50(35(53)19-20-36(54)60-34-17-15-33(49-59)16-18-34)24-14-22-48-42(56)38-40(64-46(11,12)62-38)44(58)52(27-31(5)6)28-32(7)8/h15-18,29-32,37-40H,13-14,19-28H2,1-12H3,(H,47,55)(H,48,56). The summed E-state index contributed by atoms with van der Waals surface area (Å²) >= 11 is 6.06. The van der Waals surface area contributed by atoms with Gasteiger partial charge < -0.3 is 30.1 Å². The van der Waals surface area contributed by atoms with E-state index in [1.807, 2.05) is 37.5 Å². The SMILES string of the molecule is CC(C)CN(CC(C)C)C(=O)C1SC(C)(C)SC1C(=O)NCCCN(CCCNC(=O)C1SC(C)(C)SC1C(=O)N(CC(C)C)CC(C)C)C(=O)CCC(=O)Oc1ccc(N=O)cc1. The van der Waals surface area contributed by atoms with E-state index in [1.54, 1.807) is 4.90 Å². The number of amides is 5. The highest BCUT2D eigenvalue weighted by Crippen LogP contribution is 2.53. The van der Waals surface area contributed by atoms with Gasteiger partial charge in [-0.05, 0) is 93.7 Å². The molecule has 2 fully saturated rings. The third kappa shape index (κ3) is 18.4. The van der Waals surface area contributed by atoms with E-state index in [4.69, 9.17) is 4.74 Å². The number of hydrogen-bond donors (Lipinski definition) is 2. The first-order valence-electron chi connectivity index (χ1n) is 22.7. The van der Waals surface area contributed by atoms with Gasteiger partial charge in [0.1, 0.15) is 32.4 Å². The minimum atomic E-state index is -0.613.